The van der Waals surface area contributed by atoms with Crippen molar-refractivity contribution in [3.05, 3.63) is 35.5 Å². The molecule has 0 aromatic carbocycles. The molecule has 5 heteroatoms. The van der Waals surface area contributed by atoms with Gasteiger partial charge in [0.2, 0.25) is 0 Å². The first-order valence-corrected chi connectivity index (χ1v) is 7.90. The first kappa shape index (κ1) is 19.2. The molecule has 1 fully saturated rings. The lowest BCUT2D eigenvalue weighted by molar-refractivity contribution is -0.188. The Balaban J connectivity index is 2.33. The topological polar surface area (TPSA) is 83.8 Å². The summed E-state index contributed by atoms with van der Waals surface area (Å²) in [6.45, 7) is 5.72. The average Bonchev–Trinajstić information content (AvgIpc) is 2.40. The third-order valence-electron chi connectivity index (χ3n) is 3.77. The van der Waals surface area contributed by atoms with E-state index in [2.05, 4.69) is 19.1 Å². The third-order valence-corrected chi connectivity index (χ3v) is 3.77. The maximum Gasteiger partial charge on any atom is 0.328 e. The van der Waals surface area contributed by atoms with Gasteiger partial charge in [0.15, 0.2) is 0 Å². The second-order valence-electron chi connectivity index (χ2n) is 6.17. The van der Waals surface area contributed by atoms with Gasteiger partial charge in [0.1, 0.15) is 12.0 Å². The normalized spacial score (nSPS) is 23.6. The van der Waals surface area contributed by atoms with Crippen molar-refractivity contribution in [2.75, 3.05) is 6.61 Å². The molecule has 1 heterocycles. The lowest BCUT2D eigenvalue weighted by atomic mass is 9.93. The Labute approximate surface area is 137 Å². The second-order valence-corrected chi connectivity index (χ2v) is 6.17. The third kappa shape index (κ3) is 6.82. The molecule has 1 saturated heterocycles. The van der Waals surface area contributed by atoms with Gasteiger partial charge in [-0.05, 0) is 44.6 Å². The van der Waals surface area contributed by atoms with E-state index in [1.54, 1.807) is 6.92 Å². The smallest absolute Gasteiger partial charge is 0.328 e. The lowest BCUT2D eigenvalue weighted by Gasteiger charge is -2.33. The van der Waals surface area contributed by atoms with Gasteiger partial charge in [0, 0.05) is 6.08 Å². The maximum atomic E-state index is 11.0. The van der Waals surface area contributed by atoms with Crippen molar-refractivity contribution in [3.8, 4) is 0 Å². The second kappa shape index (κ2) is 9.30. The summed E-state index contributed by atoms with van der Waals surface area (Å²) in [5.41, 5.74) is 1.86. The van der Waals surface area contributed by atoms with Crippen LogP contribution in [0.15, 0.2) is 35.5 Å². The van der Waals surface area contributed by atoms with E-state index in [9.17, 15) is 9.59 Å². The van der Waals surface area contributed by atoms with Crippen LogP contribution < -0.4 is 0 Å². The number of hydrogen-bond acceptors (Lipinski definition) is 4. The molecule has 1 rings (SSSR count). The molecule has 1 aliphatic heterocycles. The predicted octanol–water partition coefficient (Wildman–Crippen LogP) is 2.86. The fourth-order valence-corrected chi connectivity index (χ4v) is 2.70. The van der Waals surface area contributed by atoms with Gasteiger partial charge < -0.3 is 14.9 Å². The van der Waals surface area contributed by atoms with Gasteiger partial charge >= 0.3 is 11.9 Å². The molecule has 0 bridgehead atoms. The summed E-state index contributed by atoms with van der Waals surface area (Å²) in [6, 6.07) is 0. The molecule has 2 N–H and O–H groups in total. The van der Waals surface area contributed by atoms with Gasteiger partial charge in [-0.3, -0.25) is 4.79 Å². The molecule has 23 heavy (non-hydrogen) atoms. The number of hydrogen-bond donors (Lipinski definition) is 2. The van der Waals surface area contributed by atoms with Crippen molar-refractivity contribution < 1.29 is 24.5 Å². The Bertz CT molecular complexity index is 516. The lowest BCUT2D eigenvalue weighted by Crippen LogP contribution is -2.46. The zero-order valence-electron chi connectivity index (χ0n) is 14.0. The van der Waals surface area contributed by atoms with Crippen molar-refractivity contribution in [2.24, 2.45) is 11.8 Å². The van der Waals surface area contributed by atoms with E-state index in [0.29, 0.717) is 5.92 Å². The number of ether oxygens (including phenoxy) is 1. The molecule has 0 unspecified atom stereocenters. The molecule has 5 nitrogen and oxygen atoms in total. The predicted molar refractivity (Wildman–Crippen MR) is 87.8 cm³/mol. The van der Waals surface area contributed by atoms with Gasteiger partial charge in [-0.25, -0.2) is 4.79 Å². The Morgan fingerprint density at radius 1 is 1.35 bits per heavy atom. The van der Waals surface area contributed by atoms with Crippen LogP contribution in [0.5, 0.6) is 0 Å². The standard InChI is InChI=1S/C18H26O5/c1-12(8-13(2)9-14(3)10-17(20)21)6-4-5-7-16-15(11-19)18(22)23-16/h4,6,9-10,12,15-16,19H,5,7-8,11H2,1-3H3,(H,20,21)/b6-4-,13-9+,14-10+/t12-,15-,16-/m1/s1. The molecule has 0 radical (unpaired) electrons. The number of allylic oxidation sites excluding steroid dienone is 5. The van der Waals surface area contributed by atoms with Crippen LogP contribution in [0.25, 0.3) is 0 Å². The van der Waals surface area contributed by atoms with Crippen molar-refractivity contribution in [1.29, 1.82) is 0 Å². The highest BCUT2D eigenvalue weighted by molar-refractivity contribution is 5.81. The minimum Gasteiger partial charge on any atom is -0.478 e. The van der Waals surface area contributed by atoms with E-state index < -0.39 is 5.97 Å². The summed E-state index contributed by atoms with van der Waals surface area (Å²) in [5, 5.41) is 17.7. The monoisotopic (exact) mass is 322 g/mol. The van der Waals surface area contributed by atoms with Crippen LogP contribution in [0.2, 0.25) is 0 Å². The number of aliphatic hydroxyl groups is 1. The molecular formula is C18H26O5. The molecular weight excluding hydrogens is 296 g/mol. The number of carbonyl (C=O) groups excluding carboxylic acids is 1. The van der Waals surface area contributed by atoms with E-state index in [1.165, 1.54) is 6.08 Å². The van der Waals surface area contributed by atoms with Crippen molar-refractivity contribution in [2.45, 2.75) is 46.1 Å². The van der Waals surface area contributed by atoms with E-state index in [1.807, 2.05) is 13.0 Å². The molecule has 128 valence electrons. The molecule has 3 atom stereocenters. The Hall–Kier alpha value is -1.88. The van der Waals surface area contributed by atoms with Gasteiger partial charge in [-0.2, -0.15) is 0 Å². The minimum atomic E-state index is -0.933. The van der Waals surface area contributed by atoms with Gasteiger partial charge in [0.05, 0.1) is 6.61 Å². The maximum absolute atomic E-state index is 11.0. The number of cyclic esters (lactones) is 1. The number of aliphatic hydroxyl groups excluding tert-OH is 1. The van der Waals surface area contributed by atoms with Crippen LogP contribution in [-0.4, -0.2) is 34.9 Å². The largest absolute Gasteiger partial charge is 0.478 e. The minimum absolute atomic E-state index is 0.142. The molecule has 1 aliphatic rings. The van der Waals surface area contributed by atoms with Crippen LogP contribution in [0.3, 0.4) is 0 Å². The Kier molecular flexibility index (Phi) is 7.75. The van der Waals surface area contributed by atoms with Crippen molar-refractivity contribution in [3.63, 3.8) is 0 Å². The van der Waals surface area contributed by atoms with Crippen LogP contribution in [-0.2, 0) is 14.3 Å². The number of rotatable bonds is 9. The molecule has 0 aromatic rings. The molecule has 0 amide bonds. The van der Waals surface area contributed by atoms with Gasteiger partial charge in [-0.1, -0.05) is 30.7 Å². The number of aliphatic carboxylic acids is 1. The van der Waals surface area contributed by atoms with Gasteiger partial charge in [-0.15, -0.1) is 0 Å². The SMILES string of the molecule is CC(=C\C(=O)O)/C=C(\C)C[C@H](C)/C=C\CC[C@H]1OC(=O)[C@@H]1CO. The highest BCUT2D eigenvalue weighted by Gasteiger charge is 2.40. The summed E-state index contributed by atoms with van der Waals surface area (Å²) in [7, 11) is 0. The van der Waals surface area contributed by atoms with Crippen molar-refractivity contribution in [1.82, 2.24) is 0 Å². The quantitative estimate of drug-likeness (QED) is 0.295. The highest BCUT2D eigenvalue weighted by Crippen LogP contribution is 2.26. The number of carboxylic acids is 1. The number of carboxylic acid groups (broad SMARTS) is 1. The van der Waals surface area contributed by atoms with Crippen LogP contribution in [0.1, 0.15) is 40.0 Å². The van der Waals surface area contributed by atoms with E-state index in [-0.39, 0.29) is 24.6 Å². The fraction of sp³-hybridized carbons (Fsp3) is 0.556. The summed E-state index contributed by atoms with van der Waals surface area (Å²) in [5.74, 6) is -1.24. The Morgan fingerprint density at radius 2 is 2.04 bits per heavy atom. The summed E-state index contributed by atoms with van der Waals surface area (Å²) >= 11 is 0. The summed E-state index contributed by atoms with van der Waals surface area (Å²) in [6.07, 6.45) is 9.51. The zero-order chi connectivity index (χ0) is 17.4. The fourth-order valence-electron chi connectivity index (χ4n) is 2.70. The summed E-state index contributed by atoms with van der Waals surface area (Å²) in [4.78, 5) is 21.6. The molecule has 0 spiro atoms. The molecule has 0 aromatic heterocycles. The molecule has 0 saturated carbocycles. The molecule has 0 aliphatic carbocycles. The van der Waals surface area contributed by atoms with E-state index in [4.69, 9.17) is 14.9 Å². The first-order chi connectivity index (χ1) is 10.8. The van der Waals surface area contributed by atoms with Gasteiger partial charge in [0.25, 0.3) is 0 Å². The average molecular weight is 322 g/mol. The first-order valence-electron chi connectivity index (χ1n) is 7.90. The van der Waals surface area contributed by atoms with Crippen LogP contribution in [0.4, 0.5) is 0 Å². The Morgan fingerprint density at radius 3 is 2.61 bits per heavy atom. The highest BCUT2D eigenvalue weighted by atomic mass is 16.6. The van der Waals surface area contributed by atoms with Crippen molar-refractivity contribution >= 4 is 11.9 Å². The van der Waals surface area contributed by atoms with Crippen LogP contribution >= 0.6 is 0 Å². The van der Waals surface area contributed by atoms with Crippen LogP contribution in [0, 0.1) is 11.8 Å². The number of carbonyl (C=O) groups is 2. The zero-order valence-corrected chi connectivity index (χ0v) is 14.0. The van der Waals surface area contributed by atoms with E-state index >= 15 is 0 Å². The van der Waals surface area contributed by atoms with E-state index in [0.717, 1.165) is 30.4 Å². The summed E-state index contributed by atoms with van der Waals surface area (Å²) < 4.78 is 4.99. The number of esters is 1.